The zero-order valence-corrected chi connectivity index (χ0v) is 14.9. The van der Waals surface area contributed by atoms with Crippen molar-refractivity contribution in [3.63, 3.8) is 0 Å². The number of amides is 1. The lowest BCUT2D eigenvalue weighted by atomic mass is 10.0. The molecule has 0 radical (unpaired) electrons. The molecule has 0 saturated carbocycles. The van der Waals surface area contributed by atoms with Crippen molar-refractivity contribution in [2.45, 2.75) is 12.8 Å². The first-order chi connectivity index (χ1) is 12.5. The number of carbonyl (C=O) groups is 1. The number of carbonyl (C=O) groups excluding carboxylic acids is 1. The lowest BCUT2D eigenvalue weighted by Gasteiger charge is -2.29. The van der Waals surface area contributed by atoms with E-state index in [1.54, 1.807) is 18.1 Å². The Kier molecular flexibility index (Phi) is 5.27. The largest absolute Gasteiger partial charge is 0.497 e. The minimum absolute atomic E-state index is 0.0136. The minimum atomic E-state index is -0.589. The van der Waals surface area contributed by atoms with Crippen LogP contribution < -0.4 is 14.4 Å². The van der Waals surface area contributed by atoms with Crippen LogP contribution >= 0.6 is 11.6 Å². The topological polar surface area (TPSA) is 81.9 Å². The standard InChI is InChI=1S/C18H17ClN2O5/c1-25-14-5-6-15-12(9-14)3-2-8-20(15)18(22)11-26-17-7-4-13(19)10-16(17)21(23)24/h4-7,9-10H,2-3,8,11H2,1H3. The summed E-state index contributed by atoms with van der Waals surface area (Å²) in [6.07, 6.45) is 1.69. The summed E-state index contributed by atoms with van der Waals surface area (Å²) < 4.78 is 10.6. The van der Waals surface area contributed by atoms with Crippen molar-refractivity contribution in [3.8, 4) is 11.5 Å². The molecule has 0 aliphatic carbocycles. The van der Waals surface area contributed by atoms with Gasteiger partial charge in [-0.15, -0.1) is 0 Å². The molecule has 3 rings (SSSR count). The third-order valence-corrected chi connectivity index (χ3v) is 4.41. The first-order valence-electron chi connectivity index (χ1n) is 8.03. The zero-order chi connectivity index (χ0) is 18.7. The Morgan fingerprint density at radius 3 is 2.85 bits per heavy atom. The van der Waals surface area contributed by atoms with Crippen LogP contribution in [-0.4, -0.2) is 31.1 Å². The van der Waals surface area contributed by atoms with E-state index in [9.17, 15) is 14.9 Å². The molecule has 1 amide bonds. The smallest absolute Gasteiger partial charge is 0.312 e. The van der Waals surface area contributed by atoms with Gasteiger partial charge in [0.25, 0.3) is 5.91 Å². The summed E-state index contributed by atoms with van der Waals surface area (Å²) in [4.78, 5) is 24.8. The number of methoxy groups -OCH3 is 1. The second-order valence-corrected chi connectivity index (χ2v) is 6.24. The SMILES string of the molecule is COc1ccc2c(c1)CCCN2C(=O)COc1ccc(Cl)cc1[N+](=O)[O-]. The average molecular weight is 377 g/mol. The number of halogens is 1. The van der Waals surface area contributed by atoms with Gasteiger partial charge in [-0.25, -0.2) is 0 Å². The normalized spacial score (nSPS) is 13.1. The summed E-state index contributed by atoms with van der Waals surface area (Å²) >= 11 is 5.78. The van der Waals surface area contributed by atoms with Gasteiger partial charge in [-0.05, 0) is 48.7 Å². The molecule has 2 aromatic carbocycles. The van der Waals surface area contributed by atoms with E-state index < -0.39 is 4.92 Å². The third-order valence-electron chi connectivity index (χ3n) is 4.18. The first kappa shape index (κ1) is 18.0. The Morgan fingerprint density at radius 1 is 1.31 bits per heavy atom. The number of rotatable bonds is 5. The van der Waals surface area contributed by atoms with Gasteiger partial charge in [0.05, 0.1) is 12.0 Å². The van der Waals surface area contributed by atoms with Crippen molar-refractivity contribution >= 4 is 28.9 Å². The second-order valence-electron chi connectivity index (χ2n) is 5.80. The van der Waals surface area contributed by atoms with Gasteiger partial charge >= 0.3 is 5.69 Å². The van der Waals surface area contributed by atoms with Gasteiger partial charge in [0.1, 0.15) is 5.75 Å². The molecule has 0 N–H and O–H groups in total. The summed E-state index contributed by atoms with van der Waals surface area (Å²) in [5.41, 5.74) is 1.58. The van der Waals surface area contributed by atoms with Crippen LogP contribution in [0.3, 0.4) is 0 Å². The molecule has 0 saturated heterocycles. The quantitative estimate of drug-likeness (QED) is 0.588. The van der Waals surface area contributed by atoms with Gasteiger partial charge in [0.15, 0.2) is 12.4 Å². The number of benzene rings is 2. The van der Waals surface area contributed by atoms with Gasteiger partial charge in [0.2, 0.25) is 0 Å². The maximum Gasteiger partial charge on any atom is 0.312 e. The second kappa shape index (κ2) is 7.61. The van der Waals surface area contributed by atoms with E-state index in [0.717, 1.165) is 29.8 Å². The molecule has 0 atom stereocenters. The van der Waals surface area contributed by atoms with Gasteiger partial charge in [-0.1, -0.05) is 11.6 Å². The molecule has 1 heterocycles. The number of nitro groups is 1. The molecule has 8 heteroatoms. The highest BCUT2D eigenvalue weighted by atomic mass is 35.5. The Morgan fingerprint density at radius 2 is 2.12 bits per heavy atom. The van der Waals surface area contributed by atoms with E-state index in [-0.39, 0.29) is 29.0 Å². The van der Waals surface area contributed by atoms with Gasteiger partial charge in [-0.3, -0.25) is 14.9 Å². The molecule has 0 spiro atoms. The van der Waals surface area contributed by atoms with E-state index in [1.165, 1.54) is 18.2 Å². The Labute approximate surface area is 155 Å². The predicted octanol–water partition coefficient (Wildman–Crippen LogP) is 3.62. The number of hydrogen-bond acceptors (Lipinski definition) is 5. The Balaban J connectivity index is 1.75. The molecule has 0 aromatic heterocycles. The molecular weight excluding hydrogens is 360 g/mol. The average Bonchev–Trinajstić information content (AvgIpc) is 2.65. The van der Waals surface area contributed by atoms with Gasteiger partial charge in [-0.2, -0.15) is 0 Å². The van der Waals surface area contributed by atoms with Crippen molar-refractivity contribution < 1.29 is 19.2 Å². The molecule has 0 fully saturated rings. The Hall–Kier alpha value is -2.80. The molecule has 0 bridgehead atoms. The fraction of sp³-hybridized carbons (Fsp3) is 0.278. The zero-order valence-electron chi connectivity index (χ0n) is 14.1. The molecular formula is C18H17ClN2O5. The molecule has 0 unspecified atom stereocenters. The highest BCUT2D eigenvalue weighted by Gasteiger charge is 2.24. The van der Waals surface area contributed by atoms with Crippen LogP contribution in [0.1, 0.15) is 12.0 Å². The van der Waals surface area contributed by atoms with Crippen molar-refractivity contribution in [2.75, 3.05) is 25.2 Å². The third kappa shape index (κ3) is 3.72. The number of hydrogen-bond donors (Lipinski definition) is 0. The first-order valence-corrected chi connectivity index (χ1v) is 8.41. The van der Waals surface area contributed by atoms with Crippen LogP contribution in [0.5, 0.6) is 11.5 Å². The molecule has 1 aliphatic heterocycles. The molecule has 2 aromatic rings. The fourth-order valence-corrected chi connectivity index (χ4v) is 3.10. The molecule has 136 valence electrons. The summed E-state index contributed by atoms with van der Waals surface area (Å²) in [5, 5.41) is 11.3. The summed E-state index contributed by atoms with van der Waals surface area (Å²) in [6.45, 7) is 0.276. The van der Waals surface area contributed by atoms with Crippen molar-refractivity contribution in [3.05, 3.63) is 57.1 Å². The number of aryl methyl sites for hydroxylation is 1. The van der Waals surface area contributed by atoms with E-state index in [0.29, 0.717) is 6.54 Å². The monoisotopic (exact) mass is 376 g/mol. The number of nitro benzene ring substituents is 1. The summed E-state index contributed by atoms with van der Waals surface area (Å²) in [6, 6.07) is 9.63. The number of fused-ring (bicyclic) bond motifs is 1. The number of nitrogens with zero attached hydrogens (tertiary/aromatic N) is 2. The van der Waals surface area contributed by atoms with E-state index in [2.05, 4.69) is 0 Å². The van der Waals surface area contributed by atoms with Gasteiger partial charge < -0.3 is 14.4 Å². The highest BCUT2D eigenvalue weighted by Crippen LogP contribution is 2.32. The van der Waals surface area contributed by atoms with Gasteiger partial charge in [0, 0.05) is 23.3 Å². The maximum absolute atomic E-state index is 12.6. The van der Waals surface area contributed by atoms with Crippen molar-refractivity contribution in [2.24, 2.45) is 0 Å². The van der Waals surface area contributed by atoms with Crippen LogP contribution in [0.2, 0.25) is 5.02 Å². The van der Waals surface area contributed by atoms with E-state index in [1.807, 2.05) is 12.1 Å². The van der Waals surface area contributed by atoms with E-state index in [4.69, 9.17) is 21.1 Å². The number of anilines is 1. The molecule has 1 aliphatic rings. The molecule has 26 heavy (non-hydrogen) atoms. The minimum Gasteiger partial charge on any atom is -0.497 e. The van der Waals surface area contributed by atoms with Crippen LogP contribution in [0.25, 0.3) is 0 Å². The highest BCUT2D eigenvalue weighted by molar-refractivity contribution is 6.30. The fourth-order valence-electron chi connectivity index (χ4n) is 2.93. The van der Waals surface area contributed by atoms with Crippen LogP contribution in [0, 0.1) is 10.1 Å². The van der Waals surface area contributed by atoms with Crippen LogP contribution in [0.15, 0.2) is 36.4 Å². The van der Waals surface area contributed by atoms with E-state index >= 15 is 0 Å². The lowest BCUT2D eigenvalue weighted by molar-refractivity contribution is -0.385. The predicted molar refractivity (Wildman–Crippen MR) is 97.3 cm³/mol. The summed E-state index contributed by atoms with van der Waals surface area (Å²) in [7, 11) is 1.60. The van der Waals surface area contributed by atoms with Crippen LogP contribution in [0.4, 0.5) is 11.4 Å². The Bertz CT molecular complexity index is 855. The number of ether oxygens (including phenoxy) is 2. The lowest BCUT2D eigenvalue weighted by Crippen LogP contribution is -2.38. The maximum atomic E-state index is 12.6. The molecule has 7 nitrogen and oxygen atoms in total. The van der Waals surface area contributed by atoms with Crippen LogP contribution in [-0.2, 0) is 11.2 Å². The van der Waals surface area contributed by atoms with Crippen molar-refractivity contribution in [1.82, 2.24) is 0 Å². The van der Waals surface area contributed by atoms with Crippen molar-refractivity contribution in [1.29, 1.82) is 0 Å². The summed E-state index contributed by atoms with van der Waals surface area (Å²) in [5.74, 6) is 0.492.